The summed E-state index contributed by atoms with van der Waals surface area (Å²) in [5.74, 6) is -0.409. The minimum absolute atomic E-state index is 0.0995. The topological polar surface area (TPSA) is 92.4 Å². The highest BCUT2D eigenvalue weighted by atomic mass is 32.1. The molecule has 1 saturated carbocycles. The SMILES string of the molecule is Cc1oc(-c2ccsc2)nc1CC(=O)N[C@H]1CCCCC[C@H]1C(=O)O. The van der Waals surface area contributed by atoms with Gasteiger partial charge < -0.3 is 14.8 Å². The Morgan fingerprint density at radius 3 is 2.88 bits per heavy atom. The second-order valence-corrected chi connectivity index (χ2v) is 7.25. The highest BCUT2D eigenvalue weighted by molar-refractivity contribution is 7.08. The van der Waals surface area contributed by atoms with Crippen LogP contribution in [0.1, 0.15) is 43.6 Å². The summed E-state index contributed by atoms with van der Waals surface area (Å²) in [6.45, 7) is 1.79. The monoisotopic (exact) mass is 362 g/mol. The first-order valence-electron chi connectivity index (χ1n) is 8.55. The third-order valence-electron chi connectivity index (χ3n) is 4.67. The van der Waals surface area contributed by atoms with Crippen molar-refractivity contribution in [2.75, 3.05) is 0 Å². The van der Waals surface area contributed by atoms with Crippen LogP contribution in [-0.4, -0.2) is 28.0 Å². The summed E-state index contributed by atoms with van der Waals surface area (Å²) < 4.78 is 5.65. The Bertz CT molecular complexity index is 738. The molecule has 134 valence electrons. The van der Waals surface area contributed by atoms with E-state index in [1.54, 1.807) is 18.3 Å². The van der Waals surface area contributed by atoms with Gasteiger partial charge in [0.1, 0.15) is 5.76 Å². The first-order valence-corrected chi connectivity index (χ1v) is 9.50. The lowest BCUT2D eigenvalue weighted by Crippen LogP contribution is -2.43. The highest BCUT2D eigenvalue weighted by Gasteiger charge is 2.30. The lowest BCUT2D eigenvalue weighted by Gasteiger charge is -2.22. The van der Waals surface area contributed by atoms with Crippen molar-refractivity contribution in [2.45, 2.75) is 51.5 Å². The van der Waals surface area contributed by atoms with Crippen LogP contribution in [0.2, 0.25) is 0 Å². The third kappa shape index (κ3) is 4.28. The van der Waals surface area contributed by atoms with Crippen LogP contribution in [0.4, 0.5) is 0 Å². The summed E-state index contributed by atoms with van der Waals surface area (Å²) in [5.41, 5.74) is 1.49. The van der Waals surface area contributed by atoms with Gasteiger partial charge in [-0.05, 0) is 31.2 Å². The van der Waals surface area contributed by atoms with Crippen LogP contribution in [0, 0.1) is 12.8 Å². The van der Waals surface area contributed by atoms with Gasteiger partial charge in [-0.1, -0.05) is 19.3 Å². The molecule has 7 heteroatoms. The Morgan fingerprint density at radius 2 is 2.16 bits per heavy atom. The maximum atomic E-state index is 12.4. The van der Waals surface area contributed by atoms with E-state index in [1.165, 1.54) is 0 Å². The summed E-state index contributed by atoms with van der Waals surface area (Å²) in [4.78, 5) is 28.3. The zero-order valence-corrected chi connectivity index (χ0v) is 15.0. The molecule has 0 bridgehead atoms. The van der Waals surface area contributed by atoms with Crippen molar-refractivity contribution in [1.29, 1.82) is 0 Å². The Labute approximate surface area is 150 Å². The van der Waals surface area contributed by atoms with Gasteiger partial charge in [0.15, 0.2) is 0 Å². The number of hydrogen-bond donors (Lipinski definition) is 2. The molecule has 0 aromatic carbocycles. The molecule has 25 heavy (non-hydrogen) atoms. The number of rotatable bonds is 5. The minimum Gasteiger partial charge on any atom is -0.481 e. The first-order chi connectivity index (χ1) is 12.0. The maximum absolute atomic E-state index is 12.4. The van der Waals surface area contributed by atoms with Gasteiger partial charge in [-0.25, -0.2) is 4.98 Å². The van der Waals surface area contributed by atoms with E-state index >= 15 is 0 Å². The number of oxazole rings is 1. The number of nitrogens with one attached hydrogen (secondary N) is 1. The van der Waals surface area contributed by atoms with Gasteiger partial charge >= 0.3 is 5.97 Å². The molecule has 1 aliphatic carbocycles. The van der Waals surface area contributed by atoms with E-state index in [4.69, 9.17) is 4.42 Å². The van der Waals surface area contributed by atoms with Crippen LogP contribution in [-0.2, 0) is 16.0 Å². The van der Waals surface area contributed by atoms with E-state index in [9.17, 15) is 14.7 Å². The van der Waals surface area contributed by atoms with E-state index in [0.717, 1.165) is 24.8 Å². The molecule has 1 fully saturated rings. The number of carbonyl (C=O) groups excluding carboxylic acids is 1. The third-order valence-corrected chi connectivity index (χ3v) is 5.35. The molecule has 1 amide bonds. The predicted octanol–water partition coefficient (Wildman–Crippen LogP) is 3.40. The lowest BCUT2D eigenvalue weighted by atomic mass is 9.94. The van der Waals surface area contributed by atoms with Crippen molar-refractivity contribution in [3.8, 4) is 11.5 Å². The molecule has 2 N–H and O–H groups in total. The van der Waals surface area contributed by atoms with Crippen LogP contribution in [0.3, 0.4) is 0 Å². The standard InChI is InChI=1S/C18H22N2O4S/c1-11-15(20-17(24-11)12-7-8-25-10-12)9-16(21)19-14-6-4-2-3-5-13(14)18(22)23/h7-8,10,13-14H,2-6,9H2,1H3,(H,19,21)(H,22,23)/t13-,14+/m1/s1. The minimum atomic E-state index is -0.829. The van der Waals surface area contributed by atoms with Gasteiger partial charge in [0.05, 0.1) is 18.0 Å². The molecule has 6 nitrogen and oxygen atoms in total. The number of carboxylic acids is 1. The fraction of sp³-hybridized carbons (Fsp3) is 0.500. The molecule has 3 rings (SSSR count). The molecule has 2 aromatic rings. The summed E-state index contributed by atoms with van der Waals surface area (Å²) in [6.07, 6.45) is 4.28. The zero-order chi connectivity index (χ0) is 17.8. The molecule has 1 aliphatic rings. The van der Waals surface area contributed by atoms with Crippen molar-refractivity contribution >= 4 is 23.2 Å². The van der Waals surface area contributed by atoms with Crippen molar-refractivity contribution in [3.05, 3.63) is 28.3 Å². The Kier molecular flexibility index (Phi) is 5.53. The molecule has 0 saturated heterocycles. The average Bonchev–Trinajstić information content (AvgIpc) is 3.14. The molecule has 0 unspecified atom stereocenters. The van der Waals surface area contributed by atoms with Crippen LogP contribution in [0.15, 0.2) is 21.2 Å². The fourth-order valence-corrected chi connectivity index (χ4v) is 3.92. The van der Waals surface area contributed by atoms with Crippen LogP contribution in [0.5, 0.6) is 0 Å². The van der Waals surface area contributed by atoms with Gasteiger partial charge in [-0.15, -0.1) is 0 Å². The summed E-state index contributed by atoms with van der Waals surface area (Å²) in [5, 5.41) is 16.2. The second kappa shape index (κ2) is 7.82. The van der Waals surface area contributed by atoms with E-state index in [2.05, 4.69) is 10.3 Å². The molecule has 2 aromatic heterocycles. The summed E-state index contributed by atoms with van der Waals surface area (Å²) in [7, 11) is 0. The molecule has 2 heterocycles. The molecule has 0 radical (unpaired) electrons. The second-order valence-electron chi connectivity index (χ2n) is 6.47. The van der Waals surface area contributed by atoms with Gasteiger partial charge in [-0.2, -0.15) is 11.3 Å². The van der Waals surface area contributed by atoms with E-state index in [1.807, 2.05) is 16.8 Å². The molecule has 2 atom stereocenters. The lowest BCUT2D eigenvalue weighted by molar-refractivity contribution is -0.143. The normalized spacial score (nSPS) is 20.8. The summed E-state index contributed by atoms with van der Waals surface area (Å²) >= 11 is 1.56. The van der Waals surface area contributed by atoms with Crippen molar-refractivity contribution in [1.82, 2.24) is 10.3 Å². The number of thiophene rings is 1. The van der Waals surface area contributed by atoms with E-state index in [-0.39, 0.29) is 18.4 Å². The maximum Gasteiger partial charge on any atom is 0.308 e. The molecule has 0 aliphatic heterocycles. The number of nitrogens with zero attached hydrogens (tertiary/aromatic N) is 1. The Hall–Kier alpha value is -2.15. The Morgan fingerprint density at radius 1 is 1.36 bits per heavy atom. The zero-order valence-electron chi connectivity index (χ0n) is 14.2. The Balaban J connectivity index is 1.66. The van der Waals surface area contributed by atoms with Gasteiger partial charge in [0.25, 0.3) is 0 Å². The van der Waals surface area contributed by atoms with Gasteiger partial charge in [0, 0.05) is 17.0 Å². The van der Waals surface area contributed by atoms with Crippen LogP contribution < -0.4 is 5.32 Å². The number of aromatic nitrogens is 1. The van der Waals surface area contributed by atoms with Crippen molar-refractivity contribution in [2.24, 2.45) is 5.92 Å². The van der Waals surface area contributed by atoms with Crippen molar-refractivity contribution in [3.63, 3.8) is 0 Å². The molecule has 0 spiro atoms. The van der Waals surface area contributed by atoms with Crippen LogP contribution in [0.25, 0.3) is 11.5 Å². The van der Waals surface area contributed by atoms with Crippen molar-refractivity contribution < 1.29 is 19.1 Å². The smallest absolute Gasteiger partial charge is 0.308 e. The molecular weight excluding hydrogens is 340 g/mol. The number of aryl methyl sites for hydroxylation is 1. The van der Waals surface area contributed by atoms with Gasteiger partial charge in [-0.3, -0.25) is 9.59 Å². The number of aliphatic carboxylic acids is 1. The summed E-state index contributed by atoms with van der Waals surface area (Å²) in [6, 6.07) is 1.61. The van der Waals surface area contributed by atoms with E-state index in [0.29, 0.717) is 30.2 Å². The quantitative estimate of drug-likeness (QED) is 0.795. The predicted molar refractivity (Wildman–Crippen MR) is 94.4 cm³/mol. The average molecular weight is 362 g/mol. The number of carboxylic acid groups (broad SMARTS) is 1. The highest BCUT2D eigenvalue weighted by Crippen LogP contribution is 2.25. The first kappa shape index (κ1) is 17.7. The molecular formula is C18H22N2O4S. The van der Waals surface area contributed by atoms with E-state index < -0.39 is 11.9 Å². The fourth-order valence-electron chi connectivity index (χ4n) is 3.29. The number of carbonyl (C=O) groups is 2. The largest absolute Gasteiger partial charge is 0.481 e. The van der Waals surface area contributed by atoms with Gasteiger partial charge in [0.2, 0.25) is 11.8 Å². The number of hydrogen-bond acceptors (Lipinski definition) is 5. The van der Waals surface area contributed by atoms with Crippen LogP contribution >= 0.6 is 11.3 Å². The number of amides is 1.